The van der Waals surface area contributed by atoms with Gasteiger partial charge in [-0.3, -0.25) is 19.0 Å². The van der Waals surface area contributed by atoms with Gasteiger partial charge in [0.05, 0.1) is 0 Å². The predicted octanol–water partition coefficient (Wildman–Crippen LogP) is -0.851. The van der Waals surface area contributed by atoms with E-state index in [1.807, 2.05) is 0 Å². The van der Waals surface area contributed by atoms with Crippen LogP contribution in [0, 0.1) is 0 Å². The maximum absolute atomic E-state index is 12.1. The van der Waals surface area contributed by atoms with E-state index in [9.17, 15) is 19.2 Å². The Bertz CT molecular complexity index is 762. The lowest BCUT2D eigenvalue weighted by Crippen LogP contribution is -2.41. The summed E-state index contributed by atoms with van der Waals surface area (Å²) >= 11 is 0. The molecule has 11 heteroatoms. The van der Waals surface area contributed by atoms with Crippen LogP contribution in [-0.2, 0) is 33.3 Å². The van der Waals surface area contributed by atoms with Gasteiger partial charge in [0.15, 0.2) is 18.4 Å². The second-order valence-corrected chi connectivity index (χ2v) is 5.56. The normalized spacial score (nSPS) is 24.7. The molecule has 1 aliphatic heterocycles. The Hall–Kier alpha value is -2.95. The van der Waals surface area contributed by atoms with Crippen LogP contribution in [0.5, 0.6) is 0 Å². The minimum atomic E-state index is -1.15. The van der Waals surface area contributed by atoms with Crippen molar-refractivity contribution in [1.29, 1.82) is 0 Å². The molecule has 142 valence electrons. The fourth-order valence-electron chi connectivity index (χ4n) is 2.54. The Balaban J connectivity index is 2.40. The van der Waals surface area contributed by atoms with Crippen LogP contribution >= 0.6 is 0 Å². The van der Waals surface area contributed by atoms with Gasteiger partial charge in [0.25, 0.3) is 0 Å². The predicted molar refractivity (Wildman–Crippen MR) is 84.6 cm³/mol. The first-order chi connectivity index (χ1) is 12.2. The van der Waals surface area contributed by atoms with Crippen molar-refractivity contribution in [2.45, 2.75) is 45.3 Å². The van der Waals surface area contributed by atoms with Gasteiger partial charge in [-0.2, -0.15) is 4.98 Å². The van der Waals surface area contributed by atoms with Crippen LogP contribution in [-0.4, -0.2) is 52.4 Å². The van der Waals surface area contributed by atoms with Crippen molar-refractivity contribution in [3.05, 3.63) is 22.7 Å². The van der Waals surface area contributed by atoms with Gasteiger partial charge in [-0.1, -0.05) is 0 Å². The molecular formula is C15H19N3O8. The molecule has 0 amide bonds. The zero-order valence-corrected chi connectivity index (χ0v) is 14.4. The molecule has 1 aliphatic rings. The SMILES string of the molecule is CC(=O)OC[C@H]1O[C@@H](n2ccc(N)nc2=O)C(OC(C)=O)C1OC(C)=O. The topological polar surface area (TPSA) is 149 Å². The molecule has 2 N–H and O–H groups in total. The minimum Gasteiger partial charge on any atom is -0.463 e. The number of esters is 3. The van der Waals surface area contributed by atoms with Crippen molar-refractivity contribution in [1.82, 2.24) is 9.55 Å². The number of rotatable bonds is 5. The molecule has 2 unspecified atom stereocenters. The fourth-order valence-corrected chi connectivity index (χ4v) is 2.54. The van der Waals surface area contributed by atoms with E-state index in [1.165, 1.54) is 19.2 Å². The van der Waals surface area contributed by atoms with E-state index in [1.54, 1.807) is 0 Å². The molecule has 0 bridgehead atoms. The van der Waals surface area contributed by atoms with E-state index in [0.29, 0.717) is 0 Å². The van der Waals surface area contributed by atoms with Crippen LogP contribution < -0.4 is 11.4 Å². The number of carbonyl (C=O) groups is 3. The Morgan fingerprint density at radius 2 is 1.77 bits per heavy atom. The van der Waals surface area contributed by atoms with E-state index >= 15 is 0 Å². The van der Waals surface area contributed by atoms with Gasteiger partial charge in [-0.15, -0.1) is 0 Å². The summed E-state index contributed by atoms with van der Waals surface area (Å²) in [4.78, 5) is 49.7. The molecule has 26 heavy (non-hydrogen) atoms. The second-order valence-electron chi connectivity index (χ2n) is 5.56. The molecule has 0 radical (unpaired) electrons. The highest BCUT2D eigenvalue weighted by Gasteiger charge is 2.50. The highest BCUT2D eigenvalue weighted by atomic mass is 16.7. The number of anilines is 1. The zero-order valence-electron chi connectivity index (χ0n) is 14.4. The largest absolute Gasteiger partial charge is 0.463 e. The number of hydrogen-bond acceptors (Lipinski definition) is 10. The number of nitrogen functional groups attached to an aromatic ring is 1. The number of aromatic nitrogens is 2. The van der Waals surface area contributed by atoms with Crippen molar-refractivity contribution in [2.75, 3.05) is 12.3 Å². The standard InChI is InChI=1S/C15H19N3O8/c1-7(19)23-6-10-12(24-8(2)20)13(25-9(3)21)14(26-10)18-5-4-11(16)17-15(18)22/h4-5,10,12-14H,6H2,1-3H3,(H2,16,17,22)/t10-,12?,13?,14-/m1/s1. The Kier molecular flexibility index (Phi) is 5.93. The van der Waals surface area contributed by atoms with E-state index in [4.69, 9.17) is 24.7 Å². The quantitative estimate of drug-likeness (QED) is 0.513. The fraction of sp³-hybridized carbons (Fsp3) is 0.533. The van der Waals surface area contributed by atoms with Gasteiger partial charge in [0.2, 0.25) is 0 Å². The van der Waals surface area contributed by atoms with Crippen LogP contribution in [0.4, 0.5) is 5.82 Å². The molecule has 1 saturated heterocycles. The summed E-state index contributed by atoms with van der Waals surface area (Å²) in [7, 11) is 0. The van der Waals surface area contributed by atoms with Crippen molar-refractivity contribution < 1.29 is 33.3 Å². The summed E-state index contributed by atoms with van der Waals surface area (Å²) in [5.74, 6) is -1.91. The van der Waals surface area contributed by atoms with E-state index < -0.39 is 48.1 Å². The maximum Gasteiger partial charge on any atom is 0.351 e. The minimum absolute atomic E-state index is 0.00119. The van der Waals surface area contributed by atoms with Crippen molar-refractivity contribution in [2.24, 2.45) is 0 Å². The molecular weight excluding hydrogens is 350 g/mol. The number of nitrogens with zero attached hydrogens (tertiary/aromatic N) is 2. The number of carbonyl (C=O) groups excluding carboxylic acids is 3. The molecule has 2 heterocycles. The lowest BCUT2D eigenvalue weighted by molar-refractivity contribution is -0.166. The molecule has 0 saturated carbocycles. The van der Waals surface area contributed by atoms with Gasteiger partial charge in [-0.25, -0.2) is 4.79 Å². The monoisotopic (exact) mass is 369 g/mol. The third-order valence-corrected chi connectivity index (χ3v) is 3.47. The molecule has 0 aliphatic carbocycles. The van der Waals surface area contributed by atoms with E-state index in [2.05, 4.69) is 4.98 Å². The molecule has 0 spiro atoms. The van der Waals surface area contributed by atoms with Gasteiger partial charge in [0.1, 0.15) is 18.5 Å². The summed E-state index contributed by atoms with van der Waals surface area (Å²) in [6, 6.07) is 1.36. The lowest BCUT2D eigenvalue weighted by atomic mass is 10.1. The van der Waals surface area contributed by atoms with Gasteiger partial charge in [-0.05, 0) is 6.07 Å². The number of hydrogen-bond donors (Lipinski definition) is 1. The molecule has 1 aromatic heterocycles. The third kappa shape index (κ3) is 4.57. The zero-order chi connectivity index (χ0) is 19.4. The maximum atomic E-state index is 12.1. The average Bonchev–Trinajstić information content (AvgIpc) is 2.82. The van der Waals surface area contributed by atoms with Gasteiger partial charge >= 0.3 is 23.6 Å². The number of nitrogens with two attached hydrogens (primary N) is 1. The summed E-state index contributed by atoms with van der Waals surface area (Å²) in [6.45, 7) is 3.26. The van der Waals surface area contributed by atoms with Gasteiger partial charge in [0, 0.05) is 27.0 Å². The average molecular weight is 369 g/mol. The van der Waals surface area contributed by atoms with Crippen molar-refractivity contribution in [3.8, 4) is 0 Å². The van der Waals surface area contributed by atoms with E-state index in [0.717, 1.165) is 18.4 Å². The molecule has 4 atom stereocenters. The highest BCUT2D eigenvalue weighted by molar-refractivity contribution is 5.68. The van der Waals surface area contributed by atoms with Crippen LogP contribution in [0.1, 0.15) is 27.0 Å². The molecule has 11 nitrogen and oxygen atoms in total. The second kappa shape index (κ2) is 7.95. The summed E-state index contributed by atoms with van der Waals surface area (Å²) in [5, 5.41) is 0. The van der Waals surface area contributed by atoms with E-state index in [-0.39, 0.29) is 12.4 Å². The highest BCUT2D eigenvalue weighted by Crippen LogP contribution is 2.33. The first-order valence-electron chi connectivity index (χ1n) is 7.67. The van der Waals surface area contributed by atoms with Gasteiger partial charge < -0.3 is 24.7 Å². The van der Waals surface area contributed by atoms with Crippen LogP contribution in [0.25, 0.3) is 0 Å². The van der Waals surface area contributed by atoms with Crippen LogP contribution in [0.3, 0.4) is 0 Å². The first-order valence-corrected chi connectivity index (χ1v) is 7.67. The smallest absolute Gasteiger partial charge is 0.351 e. The molecule has 0 aromatic carbocycles. The summed E-state index contributed by atoms with van der Waals surface area (Å²) < 4.78 is 22.1. The first kappa shape index (κ1) is 19.4. The summed E-state index contributed by atoms with van der Waals surface area (Å²) in [5.41, 5.74) is 4.72. The van der Waals surface area contributed by atoms with Crippen molar-refractivity contribution in [3.63, 3.8) is 0 Å². The Morgan fingerprint density at radius 1 is 1.15 bits per heavy atom. The van der Waals surface area contributed by atoms with Crippen molar-refractivity contribution >= 4 is 23.7 Å². The number of ether oxygens (including phenoxy) is 4. The molecule has 1 fully saturated rings. The summed E-state index contributed by atoms with van der Waals surface area (Å²) in [6.07, 6.45) is -3.04. The molecule has 2 rings (SSSR count). The third-order valence-electron chi connectivity index (χ3n) is 3.47. The Morgan fingerprint density at radius 3 is 2.31 bits per heavy atom. The van der Waals surface area contributed by atoms with Crippen LogP contribution in [0.15, 0.2) is 17.1 Å². The Labute approximate surface area is 148 Å². The molecule has 1 aromatic rings. The lowest BCUT2D eigenvalue weighted by Gasteiger charge is -2.23. The van der Waals surface area contributed by atoms with Crippen LogP contribution in [0.2, 0.25) is 0 Å².